The molecule has 4 rings (SSSR count). The highest BCUT2D eigenvalue weighted by Gasteiger charge is 2.17. The van der Waals surface area contributed by atoms with Gasteiger partial charge in [0.25, 0.3) is 0 Å². The molecule has 0 N–H and O–H groups in total. The Bertz CT molecular complexity index is 1150. The Morgan fingerprint density at radius 2 is 1.62 bits per heavy atom. The average molecular weight is 412 g/mol. The van der Waals surface area contributed by atoms with E-state index in [0.717, 1.165) is 27.7 Å². The predicted molar refractivity (Wildman–Crippen MR) is 110 cm³/mol. The highest BCUT2D eigenvalue weighted by molar-refractivity contribution is 7.19. The summed E-state index contributed by atoms with van der Waals surface area (Å²) < 4.78 is 23.2. The maximum absolute atomic E-state index is 5.50. The minimum atomic E-state index is 0.560. The monoisotopic (exact) mass is 412 g/mol. The summed E-state index contributed by atoms with van der Waals surface area (Å²) in [6.45, 7) is 0. The first-order chi connectivity index (χ1) is 14.2. The van der Waals surface area contributed by atoms with Crippen molar-refractivity contribution in [1.82, 2.24) is 19.8 Å². The Morgan fingerprint density at radius 3 is 2.34 bits per heavy atom. The third kappa shape index (κ3) is 3.56. The molecule has 29 heavy (non-hydrogen) atoms. The minimum Gasteiger partial charge on any atom is -0.497 e. The Hall–Kier alpha value is -3.33. The summed E-state index contributed by atoms with van der Waals surface area (Å²) in [4.78, 5) is 0.716. The molecule has 2 aromatic heterocycles. The van der Waals surface area contributed by atoms with Crippen LogP contribution >= 0.6 is 11.3 Å². The zero-order valence-corrected chi connectivity index (χ0v) is 17.3. The van der Waals surface area contributed by atoms with Crippen molar-refractivity contribution in [1.29, 1.82) is 0 Å². The summed E-state index contributed by atoms with van der Waals surface area (Å²) in [6.07, 6.45) is 0.560. The second kappa shape index (κ2) is 7.96. The topological polar surface area (TPSA) is 80.0 Å². The lowest BCUT2D eigenvalue weighted by atomic mass is 10.1. The van der Waals surface area contributed by atoms with Crippen LogP contribution in [0.1, 0.15) is 11.4 Å². The molecular formula is C20H20N4O4S. The fourth-order valence-electron chi connectivity index (χ4n) is 3.02. The Labute approximate surface area is 171 Å². The van der Waals surface area contributed by atoms with Gasteiger partial charge in [-0.2, -0.15) is 9.61 Å². The molecule has 0 amide bonds. The molecule has 0 atom stereocenters. The Morgan fingerprint density at radius 1 is 0.828 bits per heavy atom. The van der Waals surface area contributed by atoms with Gasteiger partial charge in [0.2, 0.25) is 4.96 Å². The number of benzene rings is 2. The maximum atomic E-state index is 5.50. The summed E-state index contributed by atoms with van der Waals surface area (Å²) in [5.74, 6) is 3.51. The van der Waals surface area contributed by atoms with Gasteiger partial charge in [-0.3, -0.25) is 0 Å². The number of methoxy groups -OCH3 is 4. The molecular weight excluding hydrogens is 392 g/mol. The molecule has 0 radical (unpaired) electrons. The molecule has 0 fully saturated rings. The predicted octanol–water partition coefficient (Wildman–Crippen LogP) is 3.48. The third-order valence-electron chi connectivity index (χ3n) is 4.50. The van der Waals surface area contributed by atoms with Gasteiger partial charge in [0.1, 0.15) is 11.5 Å². The Kier molecular flexibility index (Phi) is 5.22. The molecule has 150 valence electrons. The molecule has 4 aromatic rings. The van der Waals surface area contributed by atoms with Gasteiger partial charge in [-0.1, -0.05) is 17.4 Å². The average Bonchev–Trinajstić information content (AvgIpc) is 3.34. The molecule has 0 aliphatic rings. The lowest BCUT2D eigenvalue weighted by Crippen LogP contribution is -1.99. The number of fused-ring (bicyclic) bond motifs is 1. The largest absolute Gasteiger partial charge is 0.497 e. The number of hydrogen-bond donors (Lipinski definition) is 0. The van der Waals surface area contributed by atoms with Gasteiger partial charge < -0.3 is 18.9 Å². The van der Waals surface area contributed by atoms with Gasteiger partial charge in [-0.15, -0.1) is 10.2 Å². The highest BCUT2D eigenvalue weighted by Crippen LogP contribution is 2.36. The van der Waals surface area contributed by atoms with Gasteiger partial charge in [0.15, 0.2) is 22.3 Å². The number of nitrogens with zero attached hydrogens (tertiary/aromatic N) is 4. The fourth-order valence-corrected chi connectivity index (χ4v) is 3.91. The quantitative estimate of drug-likeness (QED) is 0.460. The van der Waals surface area contributed by atoms with Crippen LogP contribution in [0.3, 0.4) is 0 Å². The summed E-state index contributed by atoms with van der Waals surface area (Å²) >= 11 is 1.45. The maximum Gasteiger partial charge on any atom is 0.234 e. The van der Waals surface area contributed by atoms with E-state index in [0.29, 0.717) is 28.6 Å². The number of rotatable bonds is 7. The van der Waals surface area contributed by atoms with Crippen molar-refractivity contribution < 1.29 is 18.9 Å². The summed E-state index contributed by atoms with van der Waals surface area (Å²) in [7, 11) is 6.48. The van der Waals surface area contributed by atoms with E-state index in [2.05, 4.69) is 10.2 Å². The fraction of sp³-hybridized carbons (Fsp3) is 0.250. The molecule has 0 saturated carbocycles. The van der Waals surface area contributed by atoms with Crippen LogP contribution in [0.25, 0.3) is 15.5 Å². The van der Waals surface area contributed by atoms with Crippen LogP contribution in [-0.2, 0) is 6.42 Å². The molecule has 9 heteroatoms. The van der Waals surface area contributed by atoms with E-state index in [9.17, 15) is 0 Å². The first-order valence-electron chi connectivity index (χ1n) is 8.81. The van der Waals surface area contributed by atoms with Gasteiger partial charge in [-0.25, -0.2) is 0 Å². The van der Waals surface area contributed by atoms with Crippen molar-refractivity contribution in [2.24, 2.45) is 0 Å². The second-order valence-corrected chi connectivity index (χ2v) is 7.11. The molecule has 0 aliphatic heterocycles. The van der Waals surface area contributed by atoms with Crippen molar-refractivity contribution in [3.05, 3.63) is 47.8 Å². The molecule has 0 spiro atoms. The zero-order chi connectivity index (χ0) is 20.4. The molecule has 0 saturated heterocycles. The van der Waals surface area contributed by atoms with Crippen LogP contribution in [0.15, 0.2) is 36.4 Å². The molecule has 0 aliphatic carbocycles. The van der Waals surface area contributed by atoms with Crippen molar-refractivity contribution >= 4 is 16.3 Å². The van der Waals surface area contributed by atoms with Crippen LogP contribution < -0.4 is 18.9 Å². The second-order valence-electron chi connectivity index (χ2n) is 6.15. The van der Waals surface area contributed by atoms with Gasteiger partial charge in [-0.05, 0) is 29.8 Å². The number of hydrogen-bond acceptors (Lipinski definition) is 8. The lowest BCUT2D eigenvalue weighted by Gasteiger charge is -2.09. The van der Waals surface area contributed by atoms with E-state index in [4.69, 9.17) is 24.0 Å². The van der Waals surface area contributed by atoms with Gasteiger partial charge >= 0.3 is 0 Å². The van der Waals surface area contributed by atoms with Crippen LogP contribution in [0.2, 0.25) is 0 Å². The summed E-state index contributed by atoms with van der Waals surface area (Å²) in [6, 6.07) is 11.4. The smallest absolute Gasteiger partial charge is 0.234 e. The van der Waals surface area contributed by atoms with Crippen LogP contribution in [0.4, 0.5) is 0 Å². The Balaban J connectivity index is 1.68. The highest BCUT2D eigenvalue weighted by atomic mass is 32.1. The molecule has 2 heterocycles. The van der Waals surface area contributed by atoms with Crippen LogP contribution in [-0.4, -0.2) is 48.3 Å². The zero-order valence-electron chi connectivity index (χ0n) is 16.5. The van der Waals surface area contributed by atoms with Crippen LogP contribution in [0, 0.1) is 0 Å². The van der Waals surface area contributed by atoms with Crippen molar-refractivity contribution in [2.45, 2.75) is 6.42 Å². The molecule has 0 bridgehead atoms. The van der Waals surface area contributed by atoms with Gasteiger partial charge in [0, 0.05) is 12.5 Å². The minimum absolute atomic E-state index is 0.560. The van der Waals surface area contributed by atoms with Crippen molar-refractivity contribution in [2.75, 3.05) is 28.4 Å². The standard InChI is InChI=1S/C20H20N4O4S/c1-25-13-6-7-14(16(11-13)27-3)19-23-24-18(21-22-20(24)29-19)10-12-5-8-15(26-2)17(9-12)28-4/h5-9,11H,10H2,1-4H3. The lowest BCUT2D eigenvalue weighted by molar-refractivity contribution is 0.354. The summed E-state index contributed by atoms with van der Waals surface area (Å²) in [5, 5.41) is 14.1. The summed E-state index contributed by atoms with van der Waals surface area (Å²) in [5.41, 5.74) is 1.90. The third-order valence-corrected chi connectivity index (χ3v) is 5.44. The van der Waals surface area contributed by atoms with E-state index in [-0.39, 0.29) is 0 Å². The normalized spacial score (nSPS) is 10.9. The van der Waals surface area contributed by atoms with E-state index >= 15 is 0 Å². The van der Waals surface area contributed by atoms with E-state index in [1.165, 1.54) is 11.3 Å². The first-order valence-corrected chi connectivity index (χ1v) is 9.63. The number of aromatic nitrogens is 4. The van der Waals surface area contributed by atoms with E-state index < -0.39 is 0 Å². The molecule has 2 aromatic carbocycles. The SMILES string of the molecule is COc1ccc(-c2nn3c(Cc4ccc(OC)c(OC)c4)nnc3s2)c(OC)c1. The molecule has 8 nitrogen and oxygen atoms in total. The van der Waals surface area contributed by atoms with E-state index in [1.807, 2.05) is 36.4 Å². The van der Waals surface area contributed by atoms with Gasteiger partial charge in [0.05, 0.1) is 34.0 Å². The molecule has 0 unspecified atom stereocenters. The van der Waals surface area contributed by atoms with E-state index in [1.54, 1.807) is 33.0 Å². The van der Waals surface area contributed by atoms with Crippen molar-refractivity contribution in [3.8, 4) is 33.6 Å². The first kappa shape index (κ1) is 19.0. The van der Waals surface area contributed by atoms with Crippen LogP contribution in [0.5, 0.6) is 23.0 Å². The van der Waals surface area contributed by atoms with Crippen molar-refractivity contribution in [3.63, 3.8) is 0 Å². The number of ether oxygens (including phenoxy) is 4.